The first-order valence-electron chi connectivity index (χ1n) is 14.3. The highest BCUT2D eigenvalue weighted by Gasteiger charge is 2.40. The van der Waals surface area contributed by atoms with Crippen molar-refractivity contribution in [1.82, 2.24) is 4.40 Å². The minimum absolute atomic E-state index is 0.110. The number of rotatable bonds is 1. The SMILES string of the molecule is Cc1cc2c3ccc(C(C)(C)C)cc3n3c4cc(C5CC6CCC5C6)cc5cc[n+](C)c(c(c1C)c23)c54. The van der Waals surface area contributed by atoms with E-state index in [9.17, 15) is 0 Å². The van der Waals surface area contributed by atoms with Crippen LogP contribution in [0.4, 0.5) is 0 Å². The molecule has 3 heterocycles. The van der Waals surface area contributed by atoms with Gasteiger partial charge in [-0.15, -0.1) is 0 Å². The molecule has 0 N–H and O–H groups in total. The summed E-state index contributed by atoms with van der Waals surface area (Å²) in [5.41, 5.74) is 11.4. The Morgan fingerprint density at radius 1 is 0.865 bits per heavy atom. The van der Waals surface area contributed by atoms with Crippen molar-refractivity contribution < 1.29 is 4.57 Å². The van der Waals surface area contributed by atoms with Crippen LogP contribution in [0.1, 0.15) is 74.6 Å². The summed E-state index contributed by atoms with van der Waals surface area (Å²) in [6.07, 6.45) is 7.99. The number of fused-ring (bicyclic) bond motifs is 7. The van der Waals surface area contributed by atoms with Gasteiger partial charge in [0, 0.05) is 16.8 Å². The Labute approximate surface area is 219 Å². The number of hydrogen-bond acceptors (Lipinski definition) is 0. The maximum atomic E-state index is 2.65. The van der Waals surface area contributed by atoms with Gasteiger partial charge in [0.15, 0.2) is 6.20 Å². The van der Waals surface area contributed by atoms with Crippen LogP contribution in [-0.4, -0.2) is 4.40 Å². The summed E-state index contributed by atoms with van der Waals surface area (Å²) in [7, 11) is 2.23. The van der Waals surface area contributed by atoms with Crippen molar-refractivity contribution in [2.75, 3.05) is 0 Å². The van der Waals surface area contributed by atoms with Crippen LogP contribution in [-0.2, 0) is 12.5 Å². The zero-order chi connectivity index (χ0) is 25.4. The molecule has 2 aliphatic rings. The number of benzene rings is 3. The van der Waals surface area contributed by atoms with Gasteiger partial charge in [-0.2, -0.15) is 0 Å². The van der Waals surface area contributed by atoms with E-state index < -0.39 is 0 Å². The zero-order valence-corrected chi connectivity index (χ0v) is 23.1. The van der Waals surface area contributed by atoms with E-state index in [1.54, 1.807) is 5.56 Å². The van der Waals surface area contributed by atoms with Gasteiger partial charge in [-0.05, 0) is 102 Å². The van der Waals surface area contributed by atoms with E-state index in [0.29, 0.717) is 0 Å². The molecular formula is C35H37N2+. The molecule has 8 rings (SSSR count). The molecule has 0 saturated heterocycles. The van der Waals surface area contributed by atoms with Gasteiger partial charge in [0.05, 0.1) is 27.3 Å². The van der Waals surface area contributed by atoms with Crippen molar-refractivity contribution in [1.29, 1.82) is 0 Å². The minimum atomic E-state index is 0.110. The number of aromatic nitrogens is 2. The highest BCUT2D eigenvalue weighted by atomic mass is 15.0. The van der Waals surface area contributed by atoms with Gasteiger partial charge in [-0.3, -0.25) is 0 Å². The van der Waals surface area contributed by atoms with Crippen molar-refractivity contribution in [3.8, 4) is 0 Å². The summed E-state index contributed by atoms with van der Waals surface area (Å²) >= 11 is 0. The van der Waals surface area contributed by atoms with E-state index in [2.05, 4.69) is 99.3 Å². The molecule has 0 radical (unpaired) electrons. The van der Waals surface area contributed by atoms with Gasteiger partial charge in [0.25, 0.3) is 0 Å². The van der Waals surface area contributed by atoms with E-state index in [1.165, 1.54) is 91.4 Å². The first-order chi connectivity index (χ1) is 17.7. The van der Waals surface area contributed by atoms with Gasteiger partial charge >= 0.3 is 0 Å². The molecule has 2 nitrogen and oxygen atoms in total. The summed E-state index contributed by atoms with van der Waals surface area (Å²) in [5.74, 6) is 2.55. The van der Waals surface area contributed by atoms with E-state index >= 15 is 0 Å². The molecule has 3 aromatic carbocycles. The summed E-state index contributed by atoms with van der Waals surface area (Å²) < 4.78 is 5.01. The zero-order valence-electron chi connectivity index (χ0n) is 23.1. The fourth-order valence-corrected chi connectivity index (χ4v) is 8.26. The Balaban J connectivity index is 1.62. The summed E-state index contributed by atoms with van der Waals surface area (Å²) in [6, 6.07) is 17.2. The molecule has 6 aromatic rings. The average molecular weight is 486 g/mol. The van der Waals surface area contributed by atoms with Crippen LogP contribution in [0.25, 0.3) is 49.0 Å². The van der Waals surface area contributed by atoms with Gasteiger partial charge in [-0.25, -0.2) is 4.57 Å². The lowest BCUT2D eigenvalue weighted by Crippen LogP contribution is -2.29. The van der Waals surface area contributed by atoms with Crippen molar-refractivity contribution in [2.45, 2.75) is 71.6 Å². The van der Waals surface area contributed by atoms with Crippen molar-refractivity contribution in [3.05, 3.63) is 70.9 Å². The molecule has 2 bridgehead atoms. The standard InChI is InChI=1S/C35H37N2/c1-19-13-28-26-10-9-25(35(3,4)5)18-29(26)37-30-17-24(27-15-21-7-8-22(27)14-21)16-23-11-12-36(6)34(32(23)30)31(20(19)2)33(28)37/h9-13,16-18,21-22,27H,7-8,14-15H2,1-6H3/q+1. The van der Waals surface area contributed by atoms with Gasteiger partial charge < -0.3 is 4.40 Å². The van der Waals surface area contributed by atoms with E-state index in [4.69, 9.17) is 0 Å². The molecule has 2 aliphatic carbocycles. The molecule has 186 valence electrons. The molecule has 2 fully saturated rings. The molecule has 0 aliphatic heterocycles. The van der Waals surface area contributed by atoms with Crippen LogP contribution in [0.3, 0.4) is 0 Å². The maximum Gasteiger partial charge on any atom is 0.224 e. The molecular weight excluding hydrogens is 448 g/mol. The highest BCUT2D eigenvalue weighted by molar-refractivity contribution is 6.26. The van der Waals surface area contributed by atoms with E-state index in [-0.39, 0.29) is 5.41 Å². The average Bonchev–Trinajstić information content (AvgIpc) is 3.58. The summed E-state index contributed by atoms with van der Waals surface area (Å²) in [6.45, 7) is 11.6. The van der Waals surface area contributed by atoms with Crippen LogP contribution >= 0.6 is 0 Å². The van der Waals surface area contributed by atoms with Crippen LogP contribution in [0.15, 0.2) is 48.7 Å². The predicted molar refractivity (Wildman–Crippen MR) is 156 cm³/mol. The quantitative estimate of drug-likeness (QED) is 0.125. The smallest absolute Gasteiger partial charge is 0.224 e. The third-order valence-corrected chi connectivity index (χ3v) is 10.3. The number of pyridine rings is 2. The maximum absolute atomic E-state index is 2.65. The number of nitrogens with zero attached hydrogens (tertiary/aromatic N) is 2. The van der Waals surface area contributed by atoms with Crippen molar-refractivity contribution >= 4 is 49.0 Å². The first kappa shape index (κ1) is 21.9. The molecule has 3 unspecified atom stereocenters. The Morgan fingerprint density at radius 3 is 2.43 bits per heavy atom. The normalized spacial score (nSPS) is 22.2. The fourth-order valence-electron chi connectivity index (χ4n) is 8.26. The second-order valence-electron chi connectivity index (χ2n) is 13.5. The van der Waals surface area contributed by atoms with E-state index in [1.807, 2.05) is 0 Å². The Kier molecular flexibility index (Phi) is 4.17. The largest absolute Gasteiger partial charge is 0.307 e. The van der Waals surface area contributed by atoms with Crippen LogP contribution < -0.4 is 4.57 Å². The van der Waals surface area contributed by atoms with Crippen molar-refractivity contribution in [2.24, 2.45) is 18.9 Å². The van der Waals surface area contributed by atoms with Crippen LogP contribution in [0.2, 0.25) is 0 Å². The molecule has 2 saturated carbocycles. The number of aryl methyl sites for hydroxylation is 3. The molecule has 3 aromatic heterocycles. The van der Waals surface area contributed by atoms with Gasteiger partial charge in [-0.1, -0.05) is 45.4 Å². The topological polar surface area (TPSA) is 8.29 Å². The second-order valence-corrected chi connectivity index (χ2v) is 13.5. The van der Waals surface area contributed by atoms with Crippen LogP contribution in [0.5, 0.6) is 0 Å². The highest BCUT2D eigenvalue weighted by Crippen LogP contribution is 2.54. The lowest BCUT2D eigenvalue weighted by molar-refractivity contribution is -0.643. The molecule has 37 heavy (non-hydrogen) atoms. The van der Waals surface area contributed by atoms with Crippen LogP contribution in [0, 0.1) is 25.7 Å². The Morgan fingerprint density at radius 2 is 1.70 bits per heavy atom. The summed E-state index contributed by atoms with van der Waals surface area (Å²) in [4.78, 5) is 0. The third-order valence-electron chi connectivity index (χ3n) is 10.3. The molecule has 3 atom stereocenters. The molecule has 2 heteroatoms. The lowest BCUT2D eigenvalue weighted by Gasteiger charge is -2.23. The Bertz CT molecular complexity index is 1910. The van der Waals surface area contributed by atoms with E-state index in [0.717, 1.165) is 17.8 Å². The third kappa shape index (κ3) is 2.79. The second kappa shape index (κ2) is 7.04. The van der Waals surface area contributed by atoms with Crippen molar-refractivity contribution in [3.63, 3.8) is 0 Å². The first-order valence-corrected chi connectivity index (χ1v) is 14.3. The number of hydrogen-bond donors (Lipinski definition) is 0. The fraction of sp³-hybridized carbons (Fsp3) is 0.400. The Hall–Kier alpha value is -3.13. The van der Waals surface area contributed by atoms with Gasteiger partial charge in [0.1, 0.15) is 7.05 Å². The lowest BCUT2D eigenvalue weighted by atomic mass is 9.82. The monoisotopic (exact) mass is 485 g/mol. The van der Waals surface area contributed by atoms with Gasteiger partial charge in [0.2, 0.25) is 5.52 Å². The molecule has 0 spiro atoms. The summed E-state index contributed by atoms with van der Waals surface area (Å²) in [5, 5.41) is 6.99. The minimum Gasteiger partial charge on any atom is -0.307 e. The molecule has 0 amide bonds. The predicted octanol–water partition coefficient (Wildman–Crippen LogP) is 8.63.